The number of allylic oxidation sites excluding steroid dienone is 1. The molecule has 0 amide bonds. The first-order chi connectivity index (χ1) is 6.86. The van der Waals surface area contributed by atoms with Gasteiger partial charge in [-0.1, -0.05) is 12.2 Å². The van der Waals surface area contributed by atoms with Crippen molar-refractivity contribution < 1.29 is 4.74 Å². The molecule has 0 aromatic rings. The van der Waals surface area contributed by atoms with Gasteiger partial charge in [-0.3, -0.25) is 0 Å². The molecular formula is C12H23NO. The zero-order valence-electron chi connectivity index (χ0n) is 9.46. The van der Waals surface area contributed by atoms with Gasteiger partial charge in [0.15, 0.2) is 0 Å². The minimum Gasteiger partial charge on any atom is -0.381 e. The van der Waals surface area contributed by atoms with Crippen LogP contribution in [0.4, 0.5) is 0 Å². The van der Waals surface area contributed by atoms with E-state index in [1.165, 1.54) is 25.7 Å². The van der Waals surface area contributed by atoms with Crippen molar-refractivity contribution >= 4 is 0 Å². The van der Waals surface area contributed by atoms with Crippen molar-refractivity contribution in [2.45, 2.75) is 51.2 Å². The van der Waals surface area contributed by atoms with E-state index in [1.807, 2.05) is 7.11 Å². The molecule has 0 heterocycles. The summed E-state index contributed by atoms with van der Waals surface area (Å²) in [5.74, 6) is 0. The zero-order valence-corrected chi connectivity index (χ0v) is 9.46. The number of hydrogen-bond acceptors (Lipinski definition) is 2. The first kappa shape index (κ1) is 11.7. The molecule has 0 atom stereocenters. The Morgan fingerprint density at radius 2 is 2.00 bits per heavy atom. The molecule has 1 saturated carbocycles. The van der Waals surface area contributed by atoms with Crippen molar-refractivity contribution in [3.63, 3.8) is 0 Å². The molecule has 14 heavy (non-hydrogen) atoms. The van der Waals surface area contributed by atoms with Gasteiger partial charge in [0.1, 0.15) is 0 Å². The van der Waals surface area contributed by atoms with E-state index < -0.39 is 0 Å². The van der Waals surface area contributed by atoms with Crippen LogP contribution in [-0.2, 0) is 4.74 Å². The maximum Gasteiger partial charge on any atom is 0.0572 e. The maximum absolute atomic E-state index is 5.34. The number of hydrogen-bond donors (Lipinski definition) is 1. The van der Waals surface area contributed by atoms with Crippen LogP contribution in [0.25, 0.3) is 0 Å². The van der Waals surface area contributed by atoms with Gasteiger partial charge >= 0.3 is 0 Å². The highest BCUT2D eigenvalue weighted by Crippen LogP contribution is 2.20. The molecule has 0 spiro atoms. The molecule has 0 aliphatic heterocycles. The number of methoxy groups -OCH3 is 1. The molecule has 2 heteroatoms. The third-order valence-electron chi connectivity index (χ3n) is 2.99. The summed E-state index contributed by atoms with van der Waals surface area (Å²) in [6.45, 7) is 3.19. The van der Waals surface area contributed by atoms with Crippen molar-refractivity contribution in [3.8, 4) is 0 Å². The van der Waals surface area contributed by atoms with Crippen LogP contribution in [0.5, 0.6) is 0 Å². The molecule has 1 fully saturated rings. The second-order valence-corrected chi connectivity index (χ2v) is 4.02. The Hall–Kier alpha value is -0.340. The normalized spacial score (nSPS) is 28.4. The Balaban J connectivity index is 2.04. The molecule has 0 bridgehead atoms. The van der Waals surface area contributed by atoms with Crippen molar-refractivity contribution in [3.05, 3.63) is 12.2 Å². The van der Waals surface area contributed by atoms with Gasteiger partial charge in [0.05, 0.1) is 6.10 Å². The molecule has 1 aliphatic rings. The van der Waals surface area contributed by atoms with E-state index in [9.17, 15) is 0 Å². The van der Waals surface area contributed by atoms with Crippen molar-refractivity contribution in [2.24, 2.45) is 0 Å². The second kappa shape index (κ2) is 7.02. The first-order valence-corrected chi connectivity index (χ1v) is 5.74. The van der Waals surface area contributed by atoms with E-state index in [1.54, 1.807) is 0 Å². The minimum atomic E-state index is 0.517. The predicted molar refractivity (Wildman–Crippen MR) is 60.5 cm³/mol. The number of nitrogens with one attached hydrogen (secondary N) is 1. The van der Waals surface area contributed by atoms with E-state index in [4.69, 9.17) is 4.74 Å². The highest BCUT2D eigenvalue weighted by molar-refractivity contribution is 4.81. The summed E-state index contributed by atoms with van der Waals surface area (Å²) in [6.07, 6.45) is 11.0. The van der Waals surface area contributed by atoms with E-state index in [0.717, 1.165) is 19.0 Å². The zero-order chi connectivity index (χ0) is 10.2. The van der Waals surface area contributed by atoms with Crippen LogP contribution in [0.2, 0.25) is 0 Å². The van der Waals surface area contributed by atoms with Gasteiger partial charge in [-0.25, -0.2) is 0 Å². The average molecular weight is 197 g/mol. The van der Waals surface area contributed by atoms with Gasteiger partial charge in [-0.05, 0) is 45.6 Å². The fourth-order valence-electron chi connectivity index (χ4n) is 2.04. The third kappa shape index (κ3) is 4.25. The lowest BCUT2D eigenvalue weighted by Crippen LogP contribution is -2.35. The van der Waals surface area contributed by atoms with Crippen LogP contribution in [-0.4, -0.2) is 25.8 Å². The summed E-state index contributed by atoms with van der Waals surface area (Å²) in [6, 6.07) is 0.728. The molecular weight excluding hydrogens is 174 g/mol. The highest BCUT2D eigenvalue weighted by Gasteiger charge is 2.19. The third-order valence-corrected chi connectivity index (χ3v) is 2.99. The maximum atomic E-state index is 5.34. The van der Waals surface area contributed by atoms with E-state index >= 15 is 0 Å². The highest BCUT2D eigenvalue weighted by atomic mass is 16.5. The fraction of sp³-hybridized carbons (Fsp3) is 0.833. The summed E-state index contributed by atoms with van der Waals surface area (Å²) in [5, 5.41) is 3.59. The molecule has 1 rings (SSSR count). The van der Waals surface area contributed by atoms with E-state index in [2.05, 4.69) is 24.4 Å². The molecule has 1 N–H and O–H groups in total. The summed E-state index contributed by atoms with van der Waals surface area (Å²) >= 11 is 0. The molecule has 0 radical (unpaired) electrons. The lowest BCUT2D eigenvalue weighted by atomic mass is 9.93. The Morgan fingerprint density at radius 3 is 2.57 bits per heavy atom. The van der Waals surface area contributed by atoms with Crippen LogP contribution < -0.4 is 5.32 Å². The standard InChI is InChI=1S/C12H23NO/c1-3-4-5-10-13-11-6-8-12(14-2)9-7-11/h3-4,11-13H,5-10H2,1-2H3/b4-3+. The Labute approximate surface area is 87.7 Å². The second-order valence-electron chi connectivity index (χ2n) is 4.02. The molecule has 1 aliphatic carbocycles. The lowest BCUT2D eigenvalue weighted by molar-refractivity contribution is 0.0627. The summed E-state index contributed by atoms with van der Waals surface area (Å²) < 4.78 is 5.34. The molecule has 2 nitrogen and oxygen atoms in total. The van der Waals surface area contributed by atoms with Gasteiger partial charge in [-0.15, -0.1) is 0 Å². The molecule has 0 unspecified atom stereocenters. The number of rotatable bonds is 5. The van der Waals surface area contributed by atoms with Crippen LogP contribution in [0.3, 0.4) is 0 Å². The molecule has 82 valence electrons. The van der Waals surface area contributed by atoms with Crippen molar-refractivity contribution in [1.29, 1.82) is 0 Å². The van der Waals surface area contributed by atoms with Gasteiger partial charge in [0, 0.05) is 13.2 Å². The average Bonchev–Trinajstić information content (AvgIpc) is 2.25. The molecule has 0 saturated heterocycles. The van der Waals surface area contributed by atoms with Crippen LogP contribution in [0.15, 0.2) is 12.2 Å². The van der Waals surface area contributed by atoms with Crippen LogP contribution >= 0.6 is 0 Å². The van der Waals surface area contributed by atoms with Gasteiger partial charge in [0.2, 0.25) is 0 Å². The molecule has 0 aromatic carbocycles. The van der Waals surface area contributed by atoms with Crippen LogP contribution in [0, 0.1) is 0 Å². The summed E-state index contributed by atoms with van der Waals surface area (Å²) in [4.78, 5) is 0. The predicted octanol–water partition coefficient (Wildman–Crippen LogP) is 2.50. The monoisotopic (exact) mass is 197 g/mol. The van der Waals surface area contributed by atoms with E-state index in [-0.39, 0.29) is 0 Å². The van der Waals surface area contributed by atoms with Gasteiger partial charge < -0.3 is 10.1 Å². The Bertz CT molecular complexity index is 160. The lowest BCUT2D eigenvalue weighted by Gasteiger charge is -2.28. The Kier molecular flexibility index (Phi) is 5.88. The van der Waals surface area contributed by atoms with Crippen molar-refractivity contribution in [1.82, 2.24) is 5.32 Å². The Morgan fingerprint density at radius 1 is 1.29 bits per heavy atom. The SMILES string of the molecule is C/C=C/CCNC1CCC(OC)CC1. The molecule has 0 aromatic heterocycles. The summed E-state index contributed by atoms with van der Waals surface area (Å²) in [5.41, 5.74) is 0. The number of ether oxygens (including phenoxy) is 1. The first-order valence-electron chi connectivity index (χ1n) is 5.74. The summed E-state index contributed by atoms with van der Waals surface area (Å²) in [7, 11) is 1.82. The van der Waals surface area contributed by atoms with Crippen molar-refractivity contribution in [2.75, 3.05) is 13.7 Å². The van der Waals surface area contributed by atoms with E-state index in [0.29, 0.717) is 6.10 Å². The minimum absolute atomic E-state index is 0.517. The van der Waals surface area contributed by atoms with Gasteiger partial charge in [-0.2, -0.15) is 0 Å². The largest absolute Gasteiger partial charge is 0.381 e. The van der Waals surface area contributed by atoms with Gasteiger partial charge in [0.25, 0.3) is 0 Å². The smallest absolute Gasteiger partial charge is 0.0572 e. The van der Waals surface area contributed by atoms with Crippen LogP contribution in [0.1, 0.15) is 39.0 Å². The topological polar surface area (TPSA) is 21.3 Å². The fourth-order valence-corrected chi connectivity index (χ4v) is 2.04. The quantitative estimate of drug-likeness (QED) is 0.540.